The molecule has 3 N–H and O–H groups in total. The quantitative estimate of drug-likeness (QED) is 0.863. The van der Waals surface area contributed by atoms with Crippen molar-refractivity contribution in [2.75, 3.05) is 18.5 Å². The molecule has 0 saturated heterocycles. The van der Waals surface area contributed by atoms with Crippen molar-refractivity contribution in [1.82, 2.24) is 4.98 Å². The number of benzene rings is 1. The first-order valence-electron chi connectivity index (χ1n) is 6.13. The van der Waals surface area contributed by atoms with Gasteiger partial charge in [-0.3, -0.25) is 9.78 Å². The number of hydrogen-bond donors (Lipinski definition) is 2. The van der Waals surface area contributed by atoms with E-state index in [1.54, 1.807) is 30.1 Å². The Bertz CT molecular complexity index is 644. The van der Waals surface area contributed by atoms with E-state index in [-0.39, 0.29) is 11.8 Å². The van der Waals surface area contributed by atoms with E-state index in [4.69, 9.17) is 10.2 Å². The van der Waals surface area contributed by atoms with Gasteiger partial charge in [0, 0.05) is 24.7 Å². The highest BCUT2D eigenvalue weighted by atomic mass is 16.4. The Labute approximate surface area is 110 Å². The molecule has 1 amide bonds. The van der Waals surface area contributed by atoms with E-state index in [0.29, 0.717) is 29.8 Å². The van der Waals surface area contributed by atoms with Crippen LogP contribution in [0.4, 0.5) is 5.69 Å². The van der Waals surface area contributed by atoms with Crippen LogP contribution in [0.25, 0.3) is 11.1 Å². The third-order valence-electron chi connectivity index (χ3n) is 3.14. The average Bonchev–Trinajstić information content (AvgIpc) is 2.76. The number of aromatic amines is 1. The summed E-state index contributed by atoms with van der Waals surface area (Å²) in [4.78, 5) is 27.3. The molecule has 0 radical (unpaired) electrons. The third-order valence-corrected chi connectivity index (χ3v) is 3.14. The Kier molecular flexibility index (Phi) is 3.71. The van der Waals surface area contributed by atoms with Crippen molar-refractivity contribution in [2.24, 2.45) is 11.7 Å². The Morgan fingerprint density at radius 1 is 1.53 bits per heavy atom. The molecular weight excluding hydrogens is 246 g/mol. The maximum absolute atomic E-state index is 12.1. The minimum Gasteiger partial charge on any atom is -0.408 e. The van der Waals surface area contributed by atoms with E-state index >= 15 is 0 Å². The summed E-state index contributed by atoms with van der Waals surface area (Å²) in [6.45, 7) is 2.33. The summed E-state index contributed by atoms with van der Waals surface area (Å²) < 4.78 is 4.98. The van der Waals surface area contributed by atoms with Gasteiger partial charge in [-0.2, -0.15) is 0 Å². The molecule has 1 atom stereocenters. The first-order chi connectivity index (χ1) is 9.02. The van der Waals surface area contributed by atoms with Crippen LogP contribution in [-0.4, -0.2) is 24.5 Å². The molecule has 6 nitrogen and oxygen atoms in total. The molecule has 0 bridgehead atoms. The second-order valence-corrected chi connectivity index (χ2v) is 4.57. The van der Waals surface area contributed by atoms with Gasteiger partial charge in [-0.1, -0.05) is 6.92 Å². The fraction of sp³-hybridized carbons (Fsp3) is 0.385. The van der Waals surface area contributed by atoms with Crippen molar-refractivity contribution in [3.05, 3.63) is 28.7 Å². The number of nitrogens with one attached hydrogen (secondary N) is 1. The molecule has 0 aliphatic rings. The van der Waals surface area contributed by atoms with Crippen molar-refractivity contribution in [3.8, 4) is 0 Å². The predicted molar refractivity (Wildman–Crippen MR) is 73.1 cm³/mol. The molecule has 1 aromatic carbocycles. The Balaban J connectivity index is 2.27. The number of H-pyrrole nitrogens is 1. The Morgan fingerprint density at radius 3 is 2.95 bits per heavy atom. The van der Waals surface area contributed by atoms with Crippen molar-refractivity contribution < 1.29 is 9.21 Å². The molecule has 2 aromatic rings. The van der Waals surface area contributed by atoms with Crippen molar-refractivity contribution in [1.29, 1.82) is 0 Å². The van der Waals surface area contributed by atoms with Crippen LogP contribution < -0.4 is 16.4 Å². The molecule has 2 rings (SSSR count). The lowest BCUT2D eigenvalue weighted by molar-refractivity contribution is -0.121. The van der Waals surface area contributed by atoms with Crippen LogP contribution in [0.15, 0.2) is 27.4 Å². The highest BCUT2D eigenvalue weighted by molar-refractivity contribution is 5.95. The van der Waals surface area contributed by atoms with Gasteiger partial charge in [-0.05, 0) is 25.1 Å². The number of anilines is 1. The predicted octanol–water partition coefficient (Wildman–Crippen LogP) is 1.07. The van der Waals surface area contributed by atoms with Gasteiger partial charge in [-0.25, -0.2) is 4.79 Å². The minimum absolute atomic E-state index is 0.0114. The van der Waals surface area contributed by atoms with E-state index in [0.717, 1.165) is 0 Å². The lowest BCUT2D eigenvalue weighted by Crippen LogP contribution is -2.32. The van der Waals surface area contributed by atoms with Crippen LogP contribution in [0.3, 0.4) is 0 Å². The van der Waals surface area contributed by atoms with Gasteiger partial charge in [-0.15, -0.1) is 0 Å². The van der Waals surface area contributed by atoms with Crippen LogP contribution in [-0.2, 0) is 4.79 Å². The largest absolute Gasteiger partial charge is 0.417 e. The number of nitrogens with two attached hydrogens (primary N) is 1. The number of hydrogen-bond acceptors (Lipinski definition) is 4. The summed E-state index contributed by atoms with van der Waals surface area (Å²) in [5, 5.41) is 0. The van der Waals surface area contributed by atoms with Gasteiger partial charge in [0.05, 0.1) is 5.52 Å². The number of aromatic nitrogens is 1. The Hall–Kier alpha value is -2.08. The van der Waals surface area contributed by atoms with Gasteiger partial charge in [0.25, 0.3) is 0 Å². The molecule has 0 aliphatic carbocycles. The molecular formula is C13H17N3O3. The molecule has 102 valence electrons. The summed E-state index contributed by atoms with van der Waals surface area (Å²) in [5.41, 5.74) is 7.20. The van der Waals surface area contributed by atoms with Crippen LogP contribution in [0, 0.1) is 5.92 Å². The summed E-state index contributed by atoms with van der Waals surface area (Å²) >= 11 is 0. The van der Waals surface area contributed by atoms with Crippen molar-refractivity contribution in [3.63, 3.8) is 0 Å². The fourth-order valence-corrected chi connectivity index (χ4v) is 1.97. The van der Waals surface area contributed by atoms with Crippen LogP contribution in [0.5, 0.6) is 0 Å². The average molecular weight is 263 g/mol. The van der Waals surface area contributed by atoms with Crippen LogP contribution in [0.2, 0.25) is 0 Å². The monoisotopic (exact) mass is 263 g/mol. The normalized spacial score (nSPS) is 12.6. The molecule has 0 aliphatic heterocycles. The van der Waals surface area contributed by atoms with Crippen molar-refractivity contribution >= 4 is 22.7 Å². The topological polar surface area (TPSA) is 92.3 Å². The minimum atomic E-state index is -0.502. The molecule has 1 unspecified atom stereocenters. The highest BCUT2D eigenvalue weighted by Gasteiger charge is 2.18. The molecule has 1 aromatic heterocycles. The summed E-state index contributed by atoms with van der Waals surface area (Å²) in [6, 6.07) is 5.15. The first kappa shape index (κ1) is 13.4. The summed E-state index contributed by atoms with van der Waals surface area (Å²) in [6.07, 6.45) is 0.644. The van der Waals surface area contributed by atoms with Gasteiger partial charge in [0.15, 0.2) is 5.58 Å². The van der Waals surface area contributed by atoms with E-state index in [1.165, 1.54) is 0 Å². The number of carbonyl (C=O) groups is 1. The van der Waals surface area contributed by atoms with Crippen LogP contribution in [0.1, 0.15) is 13.3 Å². The zero-order chi connectivity index (χ0) is 14.0. The lowest BCUT2D eigenvalue weighted by Gasteiger charge is -2.21. The third kappa shape index (κ3) is 2.68. The second kappa shape index (κ2) is 5.27. The van der Waals surface area contributed by atoms with Gasteiger partial charge < -0.3 is 15.1 Å². The molecule has 6 heteroatoms. The molecule has 0 fully saturated rings. The van der Waals surface area contributed by atoms with E-state index in [1.807, 2.05) is 6.92 Å². The SMILES string of the molecule is CC(CCN)C(=O)N(C)c1ccc2[nH]c(=O)oc2c1. The van der Waals surface area contributed by atoms with Crippen LogP contribution >= 0.6 is 0 Å². The number of nitrogens with zero attached hydrogens (tertiary/aromatic N) is 1. The number of oxazole rings is 1. The second-order valence-electron chi connectivity index (χ2n) is 4.57. The number of rotatable bonds is 4. The standard InChI is InChI=1S/C13H17N3O3/c1-8(5-6-14)12(17)16(2)9-3-4-10-11(7-9)19-13(18)15-10/h3-4,7-8H,5-6,14H2,1-2H3,(H,15,18). The number of amides is 1. The molecule has 0 saturated carbocycles. The van der Waals surface area contributed by atoms with Gasteiger partial charge >= 0.3 is 5.76 Å². The maximum Gasteiger partial charge on any atom is 0.417 e. The molecule has 1 heterocycles. The zero-order valence-electron chi connectivity index (χ0n) is 11.0. The number of fused-ring (bicyclic) bond motifs is 1. The molecule has 19 heavy (non-hydrogen) atoms. The van der Waals surface area contributed by atoms with E-state index < -0.39 is 5.76 Å². The van der Waals surface area contributed by atoms with E-state index in [9.17, 15) is 9.59 Å². The molecule has 0 spiro atoms. The smallest absolute Gasteiger partial charge is 0.408 e. The highest BCUT2D eigenvalue weighted by Crippen LogP contribution is 2.21. The van der Waals surface area contributed by atoms with Gasteiger partial charge in [0.2, 0.25) is 5.91 Å². The zero-order valence-corrected chi connectivity index (χ0v) is 11.0. The lowest BCUT2D eigenvalue weighted by atomic mass is 10.1. The van der Waals surface area contributed by atoms with Crippen molar-refractivity contribution in [2.45, 2.75) is 13.3 Å². The number of carbonyl (C=O) groups excluding carboxylic acids is 1. The van der Waals surface area contributed by atoms with E-state index in [2.05, 4.69) is 4.98 Å². The summed E-state index contributed by atoms with van der Waals surface area (Å²) in [7, 11) is 1.70. The Morgan fingerprint density at radius 2 is 2.26 bits per heavy atom. The fourth-order valence-electron chi connectivity index (χ4n) is 1.97. The van der Waals surface area contributed by atoms with Gasteiger partial charge in [0.1, 0.15) is 0 Å². The maximum atomic E-state index is 12.1. The summed E-state index contributed by atoms with van der Waals surface area (Å²) in [5.74, 6) is -0.649. The first-order valence-corrected chi connectivity index (χ1v) is 6.13.